The average Bonchev–Trinajstić information content (AvgIpc) is 3.46. The van der Waals surface area contributed by atoms with Crippen molar-refractivity contribution in [3.8, 4) is 5.75 Å². The van der Waals surface area contributed by atoms with Gasteiger partial charge in [-0.15, -0.1) is 11.3 Å². The Morgan fingerprint density at radius 1 is 1.28 bits per heavy atom. The van der Waals surface area contributed by atoms with Crippen LogP contribution in [0.1, 0.15) is 49.0 Å². The number of ether oxygens (including phenoxy) is 2. The van der Waals surface area contributed by atoms with Crippen LogP contribution in [0, 0.1) is 17.0 Å². The number of fused-ring (bicyclic) bond motifs is 1. The van der Waals surface area contributed by atoms with Gasteiger partial charge in [-0.1, -0.05) is 5.16 Å². The Morgan fingerprint density at radius 2 is 2.03 bits per heavy atom. The summed E-state index contributed by atoms with van der Waals surface area (Å²) in [4.78, 5) is 36.6. The number of hydrogen-bond donors (Lipinski definition) is 1. The Hall–Kier alpha value is -3.73. The number of benzene rings is 1. The second kappa shape index (κ2) is 8.79. The quantitative estimate of drug-likeness (QED) is 0.319. The lowest BCUT2D eigenvalue weighted by molar-refractivity contribution is -0.384. The summed E-state index contributed by atoms with van der Waals surface area (Å²) in [6, 6.07) is 5.59. The zero-order valence-corrected chi connectivity index (χ0v) is 18.1. The third kappa shape index (κ3) is 4.06. The summed E-state index contributed by atoms with van der Waals surface area (Å²) in [5.74, 6) is -0.226. The summed E-state index contributed by atoms with van der Waals surface area (Å²) in [7, 11) is 1.31. The third-order valence-corrected chi connectivity index (χ3v) is 6.38. The number of aryl methyl sites for hydroxylation is 2. The van der Waals surface area contributed by atoms with E-state index >= 15 is 0 Å². The minimum Gasteiger partial charge on any atom is -0.489 e. The Bertz CT molecular complexity index is 1200. The predicted molar refractivity (Wildman–Crippen MR) is 114 cm³/mol. The maximum Gasteiger partial charge on any atom is 0.341 e. The van der Waals surface area contributed by atoms with Gasteiger partial charge >= 0.3 is 5.97 Å². The van der Waals surface area contributed by atoms with Gasteiger partial charge in [0.25, 0.3) is 11.6 Å². The van der Waals surface area contributed by atoms with Crippen molar-refractivity contribution in [2.75, 3.05) is 12.4 Å². The van der Waals surface area contributed by atoms with Crippen LogP contribution in [0.2, 0.25) is 0 Å². The molecule has 11 heteroatoms. The van der Waals surface area contributed by atoms with E-state index in [4.69, 9.17) is 14.0 Å². The molecule has 1 amide bonds. The van der Waals surface area contributed by atoms with E-state index in [-0.39, 0.29) is 18.0 Å². The molecule has 0 fully saturated rings. The summed E-state index contributed by atoms with van der Waals surface area (Å²) < 4.78 is 15.8. The van der Waals surface area contributed by atoms with Crippen molar-refractivity contribution in [1.82, 2.24) is 5.16 Å². The zero-order chi connectivity index (χ0) is 22.8. The molecule has 2 heterocycles. The Balaban J connectivity index is 1.52. The van der Waals surface area contributed by atoms with Crippen LogP contribution in [0.25, 0.3) is 0 Å². The molecule has 1 aromatic carbocycles. The van der Waals surface area contributed by atoms with E-state index in [1.807, 2.05) is 0 Å². The van der Waals surface area contributed by atoms with Crippen molar-refractivity contribution in [2.45, 2.75) is 32.8 Å². The number of nitrogens with one attached hydrogen (secondary N) is 1. The summed E-state index contributed by atoms with van der Waals surface area (Å²) in [5, 5.41) is 17.8. The molecule has 3 aromatic rings. The maximum atomic E-state index is 13.0. The number of amides is 1. The fourth-order valence-corrected chi connectivity index (χ4v) is 4.80. The number of anilines is 1. The van der Waals surface area contributed by atoms with Crippen LogP contribution in [0.3, 0.4) is 0 Å². The Morgan fingerprint density at radius 3 is 2.72 bits per heavy atom. The van der Waals surface area contributed by atoms with Crippen LogP contribution in [0.15, 0.2) is 28.8 Å². The van der Waals surface area contributed by atoms with E-state index in [0.29, 0.717) is 27.6 Å². The number of esters is 1. The number of carbonyl (C=O) groups excluding carboxylic acids is 2. The van der Waals surface area contributed by atoms with Gasteiger partial charge in [-0.2, -0.15) is 0 Å². The number of rotatable bonds is 7. The van der Waals surface area contributed by atoms with Crippen molar-refractivity contribution in [2.24, 2.45) is 0 Å². The largest absolute Gasteiger partial charge is 0.489 e. The fraction of sp³-hybridized carbons (Fsp3) is 0.286. The van der Waals surface area contributed by atoms with Crippen LogP contribution in [0.4, 0.5) is 10.7 Å². The highest BCUT2D eigenvalue weighted by Gasteiger charge is 2.29. The molecule has 166 valence electrons. The number of nitro benzene ring substituents is 1. The van der Waals surface area contributed by atoms with Gasteiger partial charge in [0.2, 0.25) is 0 Å². The Labute approximate surface area is 186 Å². The molecule has 0 spiro atoms. The van der Waals surface area contributed by atoms with Crippen LogP contribution in [-0.2, 0) is 24.2 Å². The monoisotopic (exact) mass is 457 g/mol. The molecule has 0 atom stereocenters. The summed E-state index contributed by atoms with van der Waals surface area (Å²) in [5.41, 5.74) is 1.73. The van der Waals surface area contributed by atoms with E-state index < -0.39 is 16.8 Å². The molecule has 32 heavy (non-hydrogen) atoms. The first-order chi connectivity index (χ1) is 15.4. The third-order valence-electron chi connectivity index (χ3n) is 5.17. The molecule has 1 aliphatic carbocycles. The van der Waals surface area contributed by atoms with Gasteiger partial charge in [0, 0.05) is 17.0 Å². The lowest BCUT2D eigenvalue weighted by Crippen LogP contribution is -2.17. The molecule has 0 radical (unpaired) electrons. The molecule has 0 saturated carbocycles. The van der Waals surface area contributed by atoms with Crippen molar-refractivity contribution in [3.63, 3.8) is 0 Å². The van der Waals surface area contributed by atoms with E-state index in [1.54, 1.807) is 6.92 Å². The maximum absolute atomic E-state index is 13.0. The van der Waals surface area contributed by atoms with Gasteiger partial charge < -0.3 is 19.3 Å². The van der Waals surface area contributed by atoms with E-state index in [9.17, 15) is 19.7 Å². The highest BCUT2D eigenvalue weighted by Crippen LogP contribution is 2.39. The minimum atomic E-state index is -0.533. The number of aromatic nitrogens is 1. The van der Waals surface area contributed by atoms with E-state index in [2.05, 4.69) is 10.5 Å². The molecule has 1 N–H and O–H groups in total. The van der Waals surface area contributed by atoms with Crippen LogP contribution in [0.5, 0.6) is 5.75 Å². The number of non-ortho nitro benzene ring substituents is 1. The lowest BCUT2D eigenvalue weighted by Gasteiger charge is -2.08. The van der Waals surface area contributed by atoms with Gasteiger partial charge in [-0.05, 0) is 43.9 Å². The average molecular weight is 457 g/mol. The molecule has 0 saturated heterocycles. The SMILES string of the molecule is COC(=O)c1c(NC(=O)c2noc(C)c2COc2ccc([N+](=O)[O-])cc2)sc2c1CCC2. The molecule has 4 rings (SSSR count). The second-order valence-corrected chi connectivity index (χ2v) is 8.22. The molecular formula is C21H19N3O7S. The number of nitrogens with zero attached hydrogens (tertiary/aromatic N) is 2. The van der Waals surface area contributed by atoms with Crippen molar-refractivity contribution in [1.29, 1.82) is 0 Å². The first-order valence-electron chi connectivity index (χ1n) is 9.75. The van der Waals surface area contributed by atoms with Gasteiger partial charge in [-0.3, -0.25) is 14.9 Å². The Kier molecular flexibility index (Phi) is 5.91. The van der Waals surface area contributed by atoms with Crippen molar-refractivity contribution < 1.29 is 28.5 Å². The van der Waals surface area contributed by atoms with E-state index in [1.165, 1.54) is 42.7 Å². The number of nitro groups is 1. The smallest absolute Gasteiger partial charge is 0.341 e. The number of thiophene rings is 1. The highest BCUT2D eigenvalue weighted by atomic mass is 32.1. The normalized spacial score (nSPS) is 12.3. The molecular weight excluding hydrogens is 438 g/mol. The number of methoxy groups -OCH3 is 1. The van der Waals surface area contributed by atoms with Crippen LogP contribution < -0.4 is 10.1 Å². The first-order valence-corrected chi connectivity index (χ1v) is 10.6. The predicted octanol–water partition coefficient (Wildman–Crippen LogP) is 4.06. The number of carbonyl (C=O) groups is 2. The van der Waals surface area contributed by atoms with Gasteiger partial charge in [0.1, 0.15) is 23.1 Å². The second-order valence-electron chi connectivity index (χ2n) is 7.11. The lowest BCUT2D eigenvalue weighted by atomic mass is 10.1. The molecule has 0 unspecified atom stereocenters. The standard InChI is InChI=1S/C21H19N3O7S/c1-11-15(10-30-13-8-6-12(7-9-13)24(27)28)18(23-31-11)19(25)22-20-17(21(26)29-2)14-4-3-5-16(14)32-20/h6-9H,3-5,10H2,1-2H3,(H,22,25). The highest BCUT2D eigenvalue weighted by molar-refractivity contribution is 7.17. The topological polar surface area (TPSA) is 134 Å². The van der Waals surface area contributed by atoms with Gasteiger partial charge in [0.05, 0.1) is 23.2 Å². The van der Waals surface area contributed by atoms with Gasteiger partial charge in [-0.25, -0.2) is 4.79 Å². The first kappa shape index (κ1) is 21.5. The fourth-order valence-electron chi connectivity index (χ4n) is 3.53. The minimum absolute atomic E-state index is 0.0271. The summed E-state index contributed by atoms with van der Waals surface area (Å²) in [6.45, 7) is 1.62. The molecule has 0 aliphatic heterocycles. The van der Waals surface area contributed by atoms with Crippen LogP contribution >= 0.6 is 11.3 Å². The van der Waals surface area contributed by atoms with Crippen molar-refractivity contribution in [3.05, 3.63) is 67.4 Å². The number of hydrogen-bond acceptors (Lipinski definition) is 9. The zero-order valence-electron chi connectivity index (χ0n) is 17.3. The molecule has 0 bridgehead atoms. The van der Waals surface area contributed by atoms with Crippen LogP contribution in [-0.4, -0.2) is 29.1 Å². The van der Waals surface area contributed by atoms with E-state index in [0.717, 1.165) is 29.7 Å². The van der Waals surface area contributed by atoms with Crippen molar-refractivity contribution >= 4 is 33.9 Å². The summed E-state index contributed by atoms with van der Waals surface area (Å²) >= 11 is 1.36. The molecule has 2 aromatic heterocycles. The van der Waals surface area contributed by atoms with Gasteiger partial charge in [0.15, 0.2) is 5.69 Å². The molecule has 10 nitrogen and oxygen atoms in total. The summed E-state index contributed by atoms with van der Waals surface area (Å²) in [6.07, 6.45) is 2.59. The molecule has 1 aliphatic rings.